The summed E-state index contributed by atoms with van der Waals surface area (Å²) in [5.74, 6) is -0.395. The Kier molecular flexibility index (Phi) is 4.53. The van der Waals surface area contributed by atoms with Gasteiger partial charge in [0, 0.05) is 6.07 Å². The van der Waals surface area contributed by atoms with Crippen LogP contribution in [0.15, 0.2) is 49.5 Å². The monoisotopic (exact) mass is 369 g/mol. The van der Waals surface area contributed by atoms with Crippen LogP contribution >= 0.6 is 0 Å². The number of aromatic nitrogens is 2. The fraction of sp³-hybridized carbons (Fsp3) is 0.263. The highest BCUT2D eigenvalue weighted by Gasteiger charge is 2.15. The number of nitrogens with one attached hydrogen (secondary N) is 1. The highest BCUT2D eigenvalue weighted by Crippen LogP contribution is 2.18. The van der Waals surface area contributed by atoms with Crippen LogP contribution < -0.4 is 16.0 Å². The van der Waals surface area contributed by atoms with Crippen LogP contribution in [0.5, 0.6) is 6.01 Å². The molecule has 0 unspecified atom stereocenters. The van der Waals surface area contributed by atoms with Crippen molar-refractivity contribution in [3.8, 4) is 6.01 Å². The molecule has 1 aliphatic carbocycles. The minimum atomic E-state index is -0.653. The first-order valence-corrected chi connectivity index (χ1v) is 8.63. The number of aromatic amines is 1. The van der Waals surface area contributed by atoms with Crippen molar-refractivity contribution in [1.82, 2.24) is 9.97 Å². The lowest BCUT2D eigenvalue weighted by atomic mass is 10.0. The van der Waals surface area contributed by atoms with E-state index < -0.39 is 17.0 Å². The minimum absolute atomic E-state index is 0.125. The number of H-pyrrole nitrogens is 1. The number of hydrogen-bond donors (Lipinski definition) is 1. The Morgan fingerprint density at radius 3 is 2.81 bits per heavy atom. The topological polar surface area (TPSA) is 97.5 Å². The van der Waals surface area contributed by atoms with Gasteiger partial charge in [0.25, 0.3) is 5.56 Å². The van der Waals surface area contributed by atoms with Crippen molar-refractivity contribution in [3.05, 3.63) is 68.0 Å². The van der Waals surface area contributed by atoms with Crippen LogP contribution in [0.25, 0.3) is 11.1 Å². The summed E-state index contributed by atoms with van der Waals surface area (Å²) in [4.78, 5) is 36.2. The fourth-order valence-corrected chi connectivity index (χ4v) is 3.16. The molecule has 1 N–H and O–H groups in total. The molecule has 0 amide bonds. The molecule has 8 heteroatoms. The van der Waals surface area contributed by atoms with Crippen molar-refractivity contribution < 1.29 is 13.6 Å². The third-order valence-corrected chi connectivity index (χ3v) is 4.40. The summed E-state index contributed by atoms with van der Waals surface area (Å²) in [5.41, 5.74) is 0.610. The average molecular weight is 369 g/mol. The molecule has 2 aromatic heterocycles. The van der Waals surface area contributed by atoms with Gasteiger partial charge in [-0.2, -0.15) is 4.98 Å². The van der Waals surface area contributed by atoms with Crippen LogP contribution in [0.1, 0.15) is 36.8 Å². The first-order valence-electron chi connectivity index (χ1n) is 8.63. The van der Waals surface area contributed by atoms with Crippen LogP contribution in [0, 0.1) is 5.82 Å². The van der Waals surface area contributed by atoms with Crippen molar-refractivity contribution in [2.75, 3.05) is 0 Å². The molecular formula is C19H16FN3O4. The van der Waals surface area contributed by atoms with E-state index in [1.54, 1.807) is 12.1 Å². The first-order chi connectivity index (χ1) is 13.1. The number of hydrogen-bond acceptors (Lipinski definition) is 6. The van der Waals surface area contributed by atoms with E-state index >= 15 is 0 Å². The van der Waals surface area contributed by atoms with Gasteiger partial charge in [-0.3, -0.25) is 9.78 Å². The molecular weight excluding hydrogens is 353 g/mol. The van der Waals surface area contributed by atoms with Gasteiger partial charge in [-0.1, -0.05) is 17.3 Å². The van der Waals surface area contributed by atoms with Gasteiger partial charge in [-0.05, 0) is 55.4 Å². The maximum atomic E-state index is 13.4. The number of fused-ring (bicyclic) bond motifs is 1. The normalized spacial score (nSPS) is 13.9. The molecule has 0 atom stereocenters. The molecule has 2 heterocycles. The van der Waals surface area contributed by atoms with Crippen molar-refractivity contribution in [2.45, 2.75) is 32.1 Å². The smallest absolute Gasteiger partial charge is 0.337 e. The summed E-state index contributed by atoms with van der Waals surface area (Å²) in [6.45, 7) is 0. The van der Waals surface area contributed by atoms with E-state index in [-0.39, 0.29) is 23.5 Å². The second-order valence-electron chi connectivity index (χ2n) is 6.40. The van der Waals surface area contributed by atoms with Crippen molar-refractivity contribution in [2.24, 2.45) is 5.16 Å². The maximum Gasteiger partial charge on any atom is 0.337 e. The van der Waals surface area contributed by atoms with Crippen LogP contribution in [-0.2, 0) is 6.42 Å². The quantitative estimate of drug-likeness (QED) is 0.713. The molecule has 1 aliphatic rings. The Morgan fingerprint density at radius 1 is 1.22 bits per heavy atom. The first kappa shape index (κ1) is 17.1. The van der Waals surface area contributed by atoms with Crippen molar-refractivity contribution in [1.29, 1.82) is 0 Å². The molecule has 27 heavy (non-hydrogen) atoms. The number of halogens is 1. The zero-order valence-electron chi connectivity index (χ0n) is 14.3. The lowest BCUT2D eigenvalue weighted by Crippen LogP contribution is -2.15. The summed E-state index contributed by atoms with van der Waals surface area (Å²) < 4.78 is 18.5. The van der Waals surface area contributed by atoms with Gasteiger partial charge >= 0.3 is 11.6 Å². The van der Waals surface area contributed by atoms with Gasteiger partial charge in [0.05, 0.1) is 5.71 Å². The second-order valence-corrected chi connectivity index (χ2v) is 6.40. The maximum absolute atomic E-state index is 13.4. The predicted molar refractivity (Wildman–Crippen MR) is 96.6 cm³/mol. The highest BCUT2D eigenvalue weighted by atomic mass is 19.1. The summed E-state index contributed by atoms with van der Waals surface area (Å²) in [6.07, 6.45) is 4.01. The molecule has 0 saturated heterocycles. The Hall–Kier alpha value is -3.29. The van der Waals surface area contributed by atoms with E-state index in [1.807, 2.05) is 0 Å². The third-order valence-electron chi connectivity index (χ3n) is 4.40. The molecule has 0 radical (unpaired) electrons. The number of rotatable bonds is 4. The van der Waals surface area contributed by atoms with Gasteiger partial charge < -0.3 is 9.25 Å². The SMILES string of the molecule is O=c1cc(Cc2cccc(F)c2)c2c(=O)[nH]c(ON=C3CCCC3)nc2o1. The Bertz CT molecular complexity index is 1140. The van der Waals surface area contributed by atoms with Crippen molar-refractivity contribution in [3.63, 3.8) is 0 Å². The Balaban J connectivity index is 1.73. The van der Waals surface area contributed by atoms with Crippen LogP contribution in [0.4, 0.5) is 4.39 Å². The molecule has 0 aliphatic heterocycles. The fourth-order valence-electron chi connectivity index (χ4n) is 3.16. The number of oxime groups is 1. The highest BCUT2D eigenvalue weighted by molar-refractivity contribution is 5.85. The Labute approximate surface area is 152 Å². The van der Waals surface area contributed by atoms with Gasteiger partial charge in [0.1, 0.15) is 11.2 Å². The van der Waals surface area contributed by atoms with E-state index in [2.05, 4.69) is 15.1 Å². The molecule has 1 fully saturated rings. The molecule has 1 aromatic carbocycles. The van der Waals surface area contributed by atoms with Crippen LogP contribution in [0.3, 0.4) is 0 Å². The van der Waals surface area contributed by atoms with E-state index in [9.17, 15) is 14.0 Å². The van der Waals surface area contributed by atoms with Gasteiger partial charge in [-0.25, -0.2) is 9.18 Å². The van der Waals surface area contributed by atoms with Crippen LogP contribution in [0.2, 0.25) is 0 Å². The predicted octanol–water partition coefficient (Wildman–Crippen LogP) is 2.92. The average Bonchev–Trinajstić information content (AvgIpc) is 3.13. The standard InChI is InChI=1S/C19H16FN3O4/c20-13-5-3-4-11(9-13)8-12-10-15(24)26-18-16(12)17(25)21-19(22-18)27-23-14-6-1-2-7-14/h3-5,9-10H,1-2,6-8H2,(H,21,22,25). The third kappa shape index (κ3) is 3.79. The molecule has 3 aromatic rings. The lowest BCUT2D eigenvalue weighted by molar-refractivity contribution is 0.309. The summed E-state index contributed by atoms with van der Waals surface area (Å²) in [6, 6.07) is 7.01. The molecule has 0 bridgehead atoms. The minimum Gasteiger partial charge on any atom is -0.403 e. The van der Waals surface area contributed by atoms with E-state index in [0.29, 0.717) is 11.1 Å². The van der Waals surface area contributed by atoms with E-state index in [4.69, 9.17) is 9.25 Å². The van der Waals surface area contributed by atoms with Gasteiger partial charge in [0.15, 0.2) is 0 Å². The molecule has 7 nitrogen and oxygen atoms in total. The molecule has 4 rings (SSSR count). The second kappa shape index (κ2) is 7.14. The molecule has 1 saturated carbocycles. The largest absolute Gasteiger partial charge is 0.403 e. The van der Waals surface area contributed by atoms with Crippen molar-refractivity contribution >= 4 is 16.8 Å². The number of benzene rings is 1. The van der Waals surface area contributed by atoms with Gasteiger partial charge in [-0.15, -0.1) is 0 Å². The summed E-state index contributed by atoms with van der Waals surface area (Å²) in [7, 11) is 0. The Morgan fingerprint density at radius 2 is 2.04 bits per heavy atom. The lowest BCUT2D eigenvalue weighted by Gasteiger charge is -2.06. The molecule has 0 spiro atoms. The zero-order valence-corrected chi connectivity index (χ0v) is 14.3. The summed E-state index contributed by atoms with van der Waals surface area (Å²) in [5, 5.41) is 4.11. The van der Waals surface area contributed by atoms with E-state index in [1.165, 1.54) is 18.2 Å². The van der Waals surface area contributed by atoms with Gasteiger partial charge in [0.2, 0.25) is 5.71 Å². The van der Waals surface area contributed by atoms with Crippen LogP contribution in [-0.4, -0.2) is 15.7 Å². The zero-order chi connectivity index (χ0) is 18.8. The number of nitrogens with zero attached hydrogens (tertiary/aromatic N) is 2. The van der Waals surface area contributed by atoms with E-state index in [0.717, 1.165) is 31.4 Å². The summed E-state index contributed by atoms with van der Waals surface area (Å²) >= 11 is 0. The molecule has 138 valence electrons.